The molecule has 0 aromatic rings. The van der Waals surface area contributed by atoms with Gasteiger partial charge >= 0.3 is 0 Å². The zero-order valence-electron chi connectivity index (χ0n) is 17.2. The van der Waals surface area contributed by atoms with E-state index in [1.165, 1.54) is 0 Å². The summed E-state index contributed by atoms with van der Waals surface area (Å²) in [5, 5.41) is 23.3. The van der Waals surface area contributed by atoms with Crippen molar-refractivity contribution >= 4 is 5.90 Å². The molecule has 1 saturated heterocycles. The number of likely N-dealkylation sites (tertiary alicyclic amines) is 1. The molecule has 1 atom stereocenters. The molecule has 0 amide bonds. The van der Waals surface area contributed by atoms with Gasteiger partial charge in [-0.2, -0.15) is 0 Å². The predicted molar refractivity (Wildman–Crippen MR) is 112 cm³/mol. The van der Waals surface area contributed by atoms with Crippen molar-refractivity contribution in [3.05, 3.63) is 47.9 Å². The van der Waals surface area contributed by atoms with Crippen molar-refractivity contribution in [1.82, 2.24) is 10.2 Å². The highest BCUT2D eigenvalue weighted by atomic mass is 16.5. The standard InChI is InChI=1S/C21H35N3O3/c1-7-20(17(4)23-18(5)27-6)21(26)14-24-10-8-19(9-11-24)22-13-15(2)12-16(3)25/h7,12,19,21-22,25-26H,2,4,8-11,13-14H2,1,3,5-6H3/b16-12+,20-7+,23-18?. The van der Waals surface area contributed by atoms with Crippen LogP contribution in [-0.4, -0.2) is 66.4 Å². The Hall–Kier alpha value is -1.89. The molecular weight excluding hydrogens is 342 g/mol. The van der Waals surface area contributed by atoms with Gasteiger partial charge in [-0.05, 0) is 51.4 Å². The van der Waals surface area contributed by atoms with Crippen LogP contribution in [0.5, 0.6) is 0 Å². The first-order valence-electron chi connectivity index (χ1n) is 9.40. The lowest BCUT2D eigenvalue weighted by molar-refractivity contribution is 0.116. The fourth-order valence-corrected chi connectivity index (χ4v) is 3.14. The Labute approximate surface area is 163 Å². The Morgan fingerprint density at radius 3 is 2.48 bits per heavy atom. The number of nitrogens with one attached hydrogen (secondary N) is 1. The van der Waals surface area contributed by atoms with Crippen molar-refractivity contribution in [2.24, 2.45) is 4.99 Å². The number of allylic oxidation sites excluding steroid dienone is 2. The maximum atomic E-state index is 10.6. The third-order valence-electron chi connectivity index (χ3n) is 4.64. The largest absolute Gasteiger partial charge is 0.513 e. The fraction of sp³-hybridized carbons (Fsp3) is 0.571. The van der Waals surface area contributed by atoms with E-state index < -0.39 is 6.10 Å². The molecule has 1 rings (SSSR count). The highest BCUT2D eigenvalue weighted by molar-refractivity contribution is 5.74. The van der Waals surface area contributed by atoms with Crippen LogP contribution < -0.4 is 5.32 Å². The molecule has 6 heteroatoms. The number of rotatable bonds is 9. The van der Waals surface area contributed by atoms with Gasteiger partial charge in [0.15, 0.2) is 5.90 Å². The Balaban J connectivity index is 2.46. The minimum absolute atomic E-state index is 0.275. The highest BCUT2D eigenvalue weighted by Gasteiger charge is 2.22. The zero-order chi connectivity index (χ0) is 20.4. The van der Waals surface area contributed by atoms with Gasteiger partial charge < -0.3 is 25.2 Å². The lowest BCUT2D eigenvalue weighted by Crippen LogP contribution is -2.45. The van der Waals surface area contributed by atoms with E-state index >= 15 is 0 Å². The average molecular weight is 378 g/mol. The van der Waals surface area contributed by atoms with E-state index in [9.17, 15) is 10.2 Å². The van der Waals surface area contributed by atoms with Crippen LogP contribution in [0.15, 0.2) is 52.9 Å². The molecule has 0 aliphatic carbocycles. The van der Waals surface area contributed by atoms with Crippen LogP contribution in [0.4, 0.5) is 0 Å². The summed E-state index contributed by atoms with van der Waals surface area (Å²) >= 11 is 0. The molecule has 1 aliphatic rings. The molecule has 152 valence electrons. The number of aliphatic hydroxyl groups excluding tert-OH is 2. The van der Waals surface area contributed by atoms with E-state index in [0.717, 1.165) is 37.1 Å². The van der Waals surface area contributed by atoms with Crippen molar-refractivity contribution in [2.75, 3.05) is 33.3 Å². The van der Waals surface area contributed by atoms with Crippen LogP contribution in [0.2, 0.25) is 0 Å². The van der Waals surface area contributed by atoms with Gasteiger partial charge in [-0.15, -0.1) is 0 Å². The quantitative estimate of drug-likeness (QED) is 0.249. The lowest BCUT2D eigenvalue weighted by Gasteiger charge is -2.34. The first-order valence-corrected chi connectivity index (χ1v) is 9.40. The average Bonchev–Trinajstić information content (AvgIpc) is 2.61. The van der Waals surface area contributed by atoms with E-state index in [4.69, 9.17) is 4.74 Å². The molecule has 3 N–H and O–H groups in total. The van der Waals surface area contributed by atoms with E-state index in [1.807, 2.05) is 13.0 Å². The molecule has 1 aliphatic heterocycles. The second kappa shape index (κ2) is 11.7. The maximum Gasteiger partial charge on any atom is 0.184 e. The summed E-state index contributed by atoms with van der Waals surface area (Å²) in [7, 11) is 1.56. The minimum atomic E-state index is -0.627. The molecule has 0 radical (unpaired) electrons. The molecule has 0 spiro atoms. The van der Waals surface area contributed by atoms with E-state index in [-0.39, 0.29) is 5.76 Å². The minimum Gasteiger partial charge on any atom is -0.513 e. The van der Waals surface area contributed by atoms with Crippen LogP contribution in [0, 0.1) is 0 Å². The maximum absolute atomic E-state index is 10.6. The summed E-state index contributed by atoms with van der Waals surface area (Å²) in [6, 6.07) is 0.424. The smallest absolute Gasteiger partial charge is 0.184 e. The number of hydrogen-bond donors (Lipinski definition) is 3. The second-order valence-corrected chi connectivity index (χ2v) is 6.94. The molecule has 6 nitrogen and oxygen atoms in total. The van der Waals surface area contributed by atoms with Crippen molar-refractivity contribution in [3.63, 3.8) is 0 Å². The summed E-state index contributed by atoms with van der Waals surface area (Å²) in [6.07, 6.45) is 4.93. The highest BCUT2D eigenvalue weighted by Crippen LogP contribution is 2.18. The normalized spacial score (nSPS) is 19.1. The number of hydrogen-bond acceptors (Lipinski definition) is 6. The SMILES string of the molecule is C=C(/C=C(\C)O)CNC1CCN(CC(O)/C(=C/C)C(=C)N=C(C)OC)CC1. The van der Waals surface area contributed by atoms with Crippen LogP contribution >= 0.6 is 0 Å². The number of nitrogens with zero attached hydrogens (tertiary/aromatic N) is 2. The van der Waals surface area contributed by atoms with Crippen molar-refractivity contribution < 1.29 is 14.9 Å². The number of aliphatic hydroxyl groups is 2. The third-order valence-corrected chi connectivity index (χ3v) is 4.64. The van der Waals surface area contributed by atoms with Crippen LogP contribution in [0.3, 0.4) is 0 Å². The molecule has 1 fully saturated rings. The zero-order valence-corrected chi connectivity index (χ0v) is 17.2. The third kappa shape index (κ3) is 8.56. The summed E-state index contributed by atoms with van der Waals surface area (Å²) in [5.74, 6) is 0.795. The van der Waals surface area contributed by atoms with E-state index in [2.05, 4.69) is 28.4 Å². The van der Waals surface area contributed by atoms with Crippen LogP contribution in [0.25, 0.3) is 0 Å². The molecule has 1 heterocycles. The van der Waals surface area contributed by atoms with Gasteiger partial charge in [-0.3, -0.25) is 0 Å². The molecule has 1 unspecified atom stereocenters. The van der Waals surface area contributed by atoms with Gasteiger partial charge in [0.05, 0.1) is 24.7 Å². The number of piperidine rings is 1. The molecule has 0 saturated carbocycles. The topological polar surface area (TPSA) is 77.3 Å². The Kier molecular flexibility index (Phi) is 10.1. The first-order chi connectivity index (χ1) is 12.8. The second-order valence-electron chi connectivity index (χ2n) is 6.94. The monoisotopic (exact) mass is 377 g/mol. The van der Waals surface area contributed by atoms with Gasteiger partial charge in [0.2, 0.25) is 0 Å². The first kappa shape index (κ1) is 23.1. The van der Waals surface area contributed by atoms with Gasteiger partial charge in [-0.1, -0.05) is 19.2 Å². The van der Waals surface area contributed by atoms with Crippen molar-refractivity contribution in [3.8, 4) is 0 Å². The summed E-state index contributed by atoms with van der Waals surface area (Å²) in [6.45, 7) is 16.2. The van der Waals surface area contributed by atoms with Crippen molar-refractivity contribution in [1.29, 1.82) is 0 Å². The molecule has 0 bridgehead atoms. The van der Waals surface area contributed by atoms with Crippen LogP contribution in [0.1, 0.15) is 33.6 Å². The number of aliphatic imine (C=N–C) groups is 1. The number of methoxy groups -OCH3 is 1. The fourth-order valence-electron chi connectivity index (χ4n) is 3.14. The Morgan fingerprint density at radius 2 is 1.96 bits per heavy atom. The van der Waals surface area contributed by atoms with E-state index in [0.29, 0.717) is 30.7 Å². The van der Waals surface area contributed by atoms with Gasteiger partial charge in [0.25, 0.3) is 0 Å². The van der Waals surface area contributed by atoms with Crippen LogP contribution in [-0.2, 0) is 4.74 Å². The van der Waals surface area contributed by atoms with Gasteiger partial charge in [-0.25, -0.2) is 4.99 Å². The summed E-state index contributed by atoms with van der Waals surface area (Å²) < 4.78 is 5.06. The van der Waals surface area contributed by atoms with E-state index in [1.54, 1.807) is 27.0 Å². The molecule has 27 heavy (non-hydrogen) atoms. The number of β-amino-alcohol motifs (C(OH)–C–C–N with tert-alkyl or cyclic N) is 1. The van der Waals surface area contributed by atoms with Crippen molar-refractivity contribution in [2.45, 2.75) is 45.8 Å². The molecular formula is C21H35N3O3. The van der Waals surface area contributed by atoms with Gasteiger partial charge in [0, 0.05) is 31.6 Å². The lowest BCUT2D eigenvalue weighted by atomic mass is 10.0. The summed E-state index contributed by atoms with van der Waals surface area (Å²) in [5.41, 5.74) is 2.14. The van der Waals surface area contributed by atoms with Gasteiger partial charge in [0.1, 0.15) is 0 Å². The molecule has 0 aromatic heterocycles. The summed E-state index contributed by atoms with van der Waals surface area (Å²) in [4.78, 5) is 6.53. The molecule has 0 aromatic carbocycles. The number of ether oxygens (including phenoxy) is 1. The predicted octanol–water partition coefficient (Wildman–Crippen LogP) is 2.94. The Morgan fingerprint density at radius 1 is 1.33 bits per heavy atom. The Bertz CT molecular complexity index is 596.